The minimum atomic E-state index is -0.602. The van der Waals surface area contributed by atoms with Gasteiger partial charge in [-0.2, -0.15) is 5.26 Å². The van der Waals surface area contributed by atoms with Crippen LogP contribution in [-0.4, -0.2) is 28.9 Å². The number of carbonyl (C=O) groups is 1. The molecule has 0 radical (unpaired) electrons. The molecule has 1 fully saturated rings. The number of hydrogen-bond acceptors (Lipinski definition) is 4. The molecule has 2 rings (SSSR count). The molecule has 21 heavy (non-hydrogen) atoms. The van der Waals surface area contributed by atoms with E-state index in [4.69, 9.17) is 5.26 Å². The summed E-state index contributed by atoms with van der Waals surface area (Å²) in [6.07, 6.45) is 1.87. The summed E-state index contributed by atoms with van der Waals surface area (Å²) in [7, 11) is 0. The quantitative estimate of drug-likeness (QED) is 0.668. The van der Waals surface area contributed by atoms with E-state index in [-0.39, 0.29) is 23.0 Å². The Kier molecular flexibility index (Phi) is 4.38. The zero-order chi connectivity index (χ0) is 15.4. The number of anilines is 1. The highest BCUT2D eigenvalue weighted by molar-refractivity contribution is 5.92. The lowest BCUT2D eigenvalue weighted by atomic mass is 10.00. The van der Waals surface area contributed by atoms with Gasteiger partial charge in [0.25, 0.3) is 5.69 Å². The number of piperidine rings is 1. The predicted octanol–water partition coefficient (Wildman–Crippen LogP) is 2.73. The van der Waals surface area contributed by atoms with Gasteiger partial charge in [-0.3, -0.25) is 10.1 Å². The Hall–Kier alpha value is -2.62. The summed E-state index contributed by atoms with van der Waals surface area (Å²) in [6, 6.07) is 5.50. The smallest absolute Gasteiger partial charge is 0.322 e. The first kappa shape index (κ1) is 14.8. The Morgan fingerprint density at radius 2 is 2.14 bits per heavy atom. The molecule has 110 valence electrons. The number of nitrogens with zero attached hydrogens (tertiary/aromatic N) is 3. The van der Waals surface area contributed by atoms with Gasteiger partial charge in [-0.15, -0.1) is 0 Å². The number of nitro groups is 1. The predicted molar refractivity (Wildman–Crippen MR) is 76.8 cm³/mol. The molecule has 0 unspecified atom stereocenters. The third-order valence-corrected chi connectivity index (χ3v) is 3.64. The summed E-state index contributed by atoms with van der Waals surface area (Å²) in [6.45, 7) is 3.44. The molecule has 0 saturated carbocycles. The van der Waals surface area contributed by atoms with Crippen LogP contribution in [0.2, 0.25) is 0 Å². The summed E-state index contributed by atoms with van der Waals surface area (Å²) < 4.78 is 0. The highest BCUT2D eigenvalue weighted by atomic mass is 16.6. The fourth-order valence-electron chi connectivity index (χ4n) is 2.26. The largest absolute Gasteiger partial charge is 0.325 e. The minimum Gasteiger partial charge on any atom is -0.325 e. The molecule has 1 aromatic carbocycles. The van der Waals surface area contributed by atoms with Crippen LogP contribution in [0.15, 0.2) is 18.2 Å². The van der Waals surface area contributed by atoms with Crippen LogP contribution < -0.4 is 5.32 Å². The number of nitro benzene ring substituents is 1. The normalized spacial score (nSPS) is 15.3. The second kappa shape index (κ2) is 6.22. The first-order valence-electron chi connectivity index (χ1n) is 6.75. The van der Waals surface area contributed by atoms with Crippen molar-refractivity contribution in [3.63, 3.8) is 0 Å². The fourth-order valence-corrected chi connectivity index (χ4v) is 2.26. The molecule has 0 spiro atoms. The number of urea groups is 1. The van der Waals surface area contributed by atoms with Crippen molar-refractivity contribution >= 4 is 17.4 Å². The van der Waals surface area contributed by atoms with Crippen molar-refractivity contribution in [2.75, 3.05) is 18.4 Å². The molecule has 0 bridgehead atoms. The van der Waals surface area contributed by atoms with Crippen molar-refractivity contribution < 1.29 is 9.72 Å². The van der Waals surface area contributed by atoms with Crippen molar-refractivity contribution in [2.24, 2.45) is 5.92 Å². The molecule has 1 saturated heterocycles. The van der Waals surface area contributed by atoms with Crippen molar-refractivity contribution in [1.82, 2.24) is 4.90 Å². The van der Waals surface area contributed by atoms with Crippen molar-refractivity contribution in [3.05, 3.63) is 33.9 Å². The number of hydrogen-bond donors (Lipinski definition) is 1. The Bertz CT molecular complexity index is 601. The molecule has 1 aliphatic heterocycles. The maximum atomic E-state index is 12.1. The highest BCUT2D eigenvalue weighted by Gasteiger charge is 2.23. The molecule has 1 aliphatic rings. The fraction of sp³-hybridized carbons (Fsp3) is 0.429. The van der Waals surface area contributed by atoms with Gasteiger partial charge in [0.1, 0.15) is 5.69 Å². The van der Waals surface area contributed by atoms with E-state index in [1.807, 2.05) is 6.07 Å². The summed E-state index contributed by atoms with van der Waals surface area (Å²) >= 11 is 0. The monoisotopic (exact) mass is 288 g/mol. The lowest BCUT2D eigenvalue weighted by Crippen LogP contribution is -2.40. The summed E-state index contributed by atoms with van der Waals surface area (Å²) in [5, 5.41) is 22.4. The van der Waals surface area contributed by atoms with Gasteiger partial charge in [-0.05, 0) is 30.9 Å². The van der Waals surface area contributed by atoms with Gasteiger partial charge in [-0.25, -0.2) is 4.79 Å². The number of likely N-dealkylation sites (tertiary alicyclic amines) is 1. The van der Waals surface area contributed by atoms with Gasteiger partial charge in [0.15, 0.2) is 0 Å². The maximum absolute atomic E-state index is 12.1. The van der Waals surface area contributed by atoms with Gasteiger partial charge in [-0.1, -0.05) is 6.92 Å². The molecule has 7 nitrogen and oxygen atoms in total. The molecule has 0 atom stereocenters. The van der Waals surface area contributed by atoms with Crippen LogP contribution in [0, 0.1) is 27.4 Å². The summed E-state index contributed by atoms with van der Waals surface area (Å²) in [4.78, 5) is 24.2. The molecular formula is C14H16N4O3. The van der Waals surface area contributed by atoms with Crippen molar-refractivity contribution in [2.45, 2.75) is 19.8 Å². The average Bonchev–Trinajstić information content (AvgIpc) is 2.48. The number of benzene rings is 1. The van der Waals surface area contributed by atoms with Gasteiger partial charge in [0.05, 0.1) is 16.6 Å². The topological polar surface area (TPSA) is 99.3 Å². The molecule has 7 heteroatoms. The van der Waals surface area contributed by atoms with E-state index in [1.165, 1.54) is 12.1 Å². The second-order valence-corrected chi connectivity index (χ2v) is 5.20. The Labute approximate surface area is 122 Å². The Balaban J connectivity index is 2.14. The molecule has 0 aromatic heterocycles. The molecule has 0 aliphatic carbocycles. The molecule has 2 amide bonds. The van der Waals surface area contributed by atoms with Crippen LogP contribution in [-0.2, 0) is 0 Å². The summed E-state index contributed by atoms with van der Waals surface area (Å²) in [5.74, 6) is 0.596. The van der Waals surface area contributed by atoms with Gasteiger partial charge in [0.2, 0.25) is 0 Å². The Morgan fingerprint density at radius 3 is 2.71 bits per heavy atom. The number of rotatable bonds is 2. The molecular weight excluding hydrogens is 272 g/mol. The van der Waals surface area contributed by atoms with Crippen LogP contribution in [0.5, 0.6) is 0 Å². The third kappa shape index (κ3) is 3.48. The highest BCUT2D eigenvalue weighted by Crippen LogP contribution is 2.26. The SMILES string of the molecule is CC1CCN(C(=O)Nc2ccc(C#N)cc2[N+](=O)[O-])CC1. The van der Waals surface area contributed by atoms with Crippen LogP contribution in [0.1, 0.15) is 25.3 Å². The van der Waals surface area contributed by atoms with E-state index in [0.29, 0.717) is 19.0 Å². The van der Waals surface area contributed by atoms with Crippen molar-refractivity contribution in [1.29, 1.82) is 5.26 Å². The number of amides is 2. The maximum Gasteiger partial charge on any atom is 0.322 e. The standard InChI is InChI=1S/C14H16N4O3/c1-10-4-6-17(7-5-10)14(19)16-12-3-2-11(9-15)8-13(12)18(20)21/h2-3,8,10H,4-7H2,1H3,(H,16,19). The van der Waals surface area contributed by atoms with E-state index < -0.39 is 4.92 Å². The van der Waals surface area contributed by atoms with E-state index >= 15 is 0 Å². The molecule has 1 N–H and O–H groups in total. The number of nitrogens with one attached hydrogen (secondary N) is 1. The molecule has 1 aromatic rings. The molecule has 1 heterocycles. The zero-order valence-corrected chi connectivity index (χ0v) is 11.7. The van der Waals surface area contributed by atoms with E-state index in [0.717, 1.165) is 18.9 Å². The van der Waals surface area contributed by atoms with Gasteiger partial charge in [0, 0.05) is 19.2 Å². The van der Waals surface area contributed by atoms with Crippen LogP contribution in [0.4, 0.5) is 16.2 Å². The first-order chi connectivity index (χ1) is 10.0. The summed E-state index contributed by atoms with van der Waals surface area (Å²) in [5.41, 5.74) is 0.0295. The average molecular weight is 288 g/mol. The third-order valence-electron chi connectivity index (χ3n) is 3.64. The van der Waals surface area contributed by atoms with Crippen LogP contribution >= 0.6 is 0 Å². The minimum absolute atomic E-state index is 0.114. The van der Waals surface area contributed by atoms with Crippen LogP contribution in [0.3, 0.4) is 0 Å². The first-order valence-corrected chi connectivity index (χ1v) is 6.75. The van der Waals surface area contributed by atoms with E-state index in [1.54, 1.807) is 4.90 Å². The van der Waals surface area contributed by atoms with E-state index in [2.05, 4.69) is 12.2 Å². The van der Waals surface area contributed by atoms with Gasteiger partial charge < -0.3 is 10.2 Å². The lowest BCUT2D eigenvalue weighted by Gasteiger charge is -2.30. The van der Waals surface area contributed by atoms with Gasteiger partial charge >= 0.3 is 6.03 Å². The number of nitriles is 1. The number of carbonyl (C=O) groups excluding carboxylic acids is 1. The van der Waals surface area contributed by atoms with E-state index in [9.17, 15) is 14.9 Å². The zero-order valence-electron chi connectivity index (χ0n) is 11.7. The van der Waals surface area contributed by atoms with Crippen molar-refractivity contribution in [3.8, 4) is 6.07 Å². The lowest BCUT2D eigenvalue weighted by molar-refractivity contribution is -0.383. The Morgan fingerprint density at radius 1 is 1.48 bits per heavy atom. The second-order valence-electron chi connectivity index (χ2n) is 5.20. The van der Waals surface area contributed by atoms with Crippen LogP contribution in [0.25, 0.3) is 0 Å².